The van der Waals surface area contributed by atoms with Gasteiger partial charge in [0.2, 0.25) is 5.95 Å². The summed E-state index contributed by atoms with van der Waals surface area (Å²) in [5.74, 6) is -1.62. The van der Waals surface area contributed by atoms with Gasteiger partial charge in [0, 0.05) is 17.5 Å². The Hall–Kier alpha value is -2.22. The predicted molar refractivity (Wildman–Crippen MR) is 87.7 cm³/mol. The Kier molecular flexibility index (Phi) is 5.49. The van der Waals surface area contributed by atoms with Crippen LogP contribution in [0, 0.1) is 17.0 Å². The van der Waals surface area contributed by atoms with Crippen molar-refractivity contribution in [3.63, 3.8) is 0 Å². The highest BCUT2D eigenvalue weighted by Gasteiger charge is 2.12. The van der Waals surface area contributed by atoms with E-state index in [0.29, 0.717) is 17.7 Å². The number of nitrogens with one attached hydrogen (secondary N) is 1. The van der Waals surface area contributed by atoms with E-state index in [-0.39, 0.29) is 16.9 Å². The Labute approximate surface area is 136 Å². The minimum absolute atomic E-state index is 0.0521. The first-order valence-corrected chi connectivity index (χ1v) is 7.95. The van der Waals surface area contributed by atoms with Crippen molar-refractivity contribution in [1.82, 2.24) is 9.55 Å². The monoisotopic (exact) mass is 338 g/mol. The quantitative estimate of drug-likeness (QED) is 0.663. The van der Waals surface area contributed by atoms with Crippen molar-refractivity contribution in [2.24, 2.45) is 0 Å². The fourth-order valence-electron chi connectivity index (χ4n) is 2.07. The van der Waals surface area contributed by atoms with Gasteiger partial charge in [0.1, 0.15) is 0 Å². The number of hydrogen-bond donors (Lipinski definition) is 2. The van der Waals surface area contributed by atoms with E-state index >= 15 is 0 Å². The maximum Gasteiger partial charge on any atom is 0.274 e. The van der Waals surface area contributed by atoms with Crippen molar-refractivity contribution >= 4 is 22.9 Å². The number of benzene rings is 1. The topological polar surface area (TPSA) is 84.8 Å². The lowest BCUT2D eigenvalue weighted by Crippen LogP contribution is -2.23. The van der Waals surface area contributed by atoms with E-state index in [1.165, 1.54) is 16.7 Å². The van der Waals surface area contributed by atoms with Gasteiger partial charge < -0.3 is 5.73 Å². The standard InChI is InChI=1S/C15H16F2N4OS/c1-2-3-10-7-13(22)20-14(18)21(10)15(19)23-8-9-4-5-11(16)12(17)6-9/h4-7,19H,2-3,8H2,1H3,(H2,18,20,22). The fraction of sp³-hybridized carbons (Fsp3) is 0.267. The van der Waals surface area contributed by atoms with Gasteiger partial charge in [0.15, 0.2) is 16.8 Å². The summed E-state index contributed by atoms with van der Waals surface area (Å²) < 4.78 is 27.5. The maximum absolute atomic E-state index is 13.2. The van der Waals surface area contributed by atoms with E-state index in [0.717, 1.165) is 30.3 Å². The minimum atomic E-state index is -0.925. The van der Waals surface area contributed by atoms with Gasteiger partial charge in [-0.2, -0.15) is 4.98 Å². The summed E-state index contributed by atoms with van der Waals surface area (Å²) in [4.78, 5) is 15.1. The number of anilines is 1. The molecule has 5 nitrogen and oxygen atoms in total. The third kappa shape index (κ3) is 4.16. The number of aromatic nitrogens is 2. The summed E-state index contributed by atoms with van der Waals surface area (Å²) in [7, 11) is 0. The molecular weight excluding hydrogens is 322 g/mol. The number of halogens is 2. The van der Waals surface area contributed by atoms with Crippen molar-refractivity contribution in [2.75, 3.05) is 5.73 Å². The van der Waals surface area contributed by atoms with E-state index in [1.807, 2.05) is 6.92 Å². The lowest BCUT2D eigenvalue weighted by Gasteiger charge is -2.15. The first kappa shape index (κ1) is 17.1. The SMILES string of the molecule is CCCc1cc(=O)nc(N)n1C(=N)SCc1ccc(F)c(F)c1. The van der Waals surface area contributed by atoms with Crippen LogP contribution in [0.25, 0.3) is 0 Å². The van der Waals surface area contributed by atoms with E-state index in [9.17, 15) is 13.6 Å². The average Bonchev–Trinajstić information content (AvgIpc) is 2.48. The van der Waals surface area contributed by atoms with Gasteiger partial charge in [-0.05, 0) is 24.1 Å². The zero-order chi connectivity index (χ0) is 17.0. The van der Waals surface area contributed by atoms with Gasteiger partial charge in [0.25, 0.3) is 5.56 Å². The highest BCUT2D eigenvalue weighted by Crippen LogP contribution is 2.19. The number of nitrogen functional groups attached to an aromatic ring is 1. The molecule has 0 aliphatic carbocycles. The predicted octanol–water partition coefficient (Wildman–Crippen LogP) is 2.77. The van der Waals surface area contributed by atoms with E-state index in [4.69, 9.17) is 11.1 Å². The second-order valence-electron chi connectivity index (χ2n) is 4.87. The Balaban J connectivity index is 2.20. The van der Waals surface area contributed by atoms with Gasteiger partial charge in [-0.15, -0.1) is 0 Å². The zero-order valence-corrected chi connectivity index (χ0v) is 13.3. The average molecular weight is 338 g/mol. The molecule has 1 aromatic heterocycles. The Morgan fingerprint density at radius 2 is 2.09 bits per heavy atom. The number of nitrogens with zero attached hydrogens (tertiary/aromatic N) is 2. The largest absolute Gasteiger partial charge is 0.369 e. The van der Waals surface area contributed by atoms with Crippen LogP contribution in [0.2, 0.25) is 0 Å². The maximum atomic E-state index is 13.2. The Bertz CT molecular complexity index is 792. The van der Waals surface area contributed by atoms with Crippen molar-refractivity contribution in [3.05, 3.63) is 57.5 Å². The Morgan fingerprint density at radius 3 is 2.74 bits per heavy atom. The molecular formula is C15H16F2N4OS. The molecule has 0 aliphatic heterocycles. The summed E-state index contributed by atoms with van der Waals surface area (Å²) in [6, 6.07) is 4.95. The number of hydrogen-bond acceptors (Lipinski definition) is 5. The van der Waals surface area contributed by atoms with Crippen molar-refractivity contribution in [1.29, 1.82) is 5.41 Å². The van der Waals surface area contributed by atoms with Gasteiger partial charge in [-0.1, -0.05) is 31.2 Å². The molecule has 0 unspecified atom stereocenters. The molecule has 1 heterocycles. The van der Waals surface area contributed by atoms with Crippen LogP contribution in [-0.4, -0.2) is 14.7 Å². The number of nitrogens with two attached hydrogens (primary N) is 1. The zero-order valence-electron chi connectivity index (χ0n) is 12.5. The normalized spacial score (nSPS) is 10.7. The van der Waals surface area contributed by atoms with Crippen molar-refractivity contribution < 1.29 is 8.78 Å². The van der Waals surface area contributed by atoms with E-state index < -0.39 is 17.2 Å². The minimum Gasteiger partial charge on any atom is -0.369 e. The number of rotatable bonds is 4. The molecule has 0 bridgehead atoms. The number of aryl methyl sites for hydroxylation is 1. The highest BCUT2D eigenvalue weighted by atomic mass is 32.2. The molecule has 0 saturated heterocycles. The third-order valence-corrected chi connectivity index (χ3v) is 4.03. The summed E-state index contributed by atoms with van der Waals surface area (Å²) in [5, 5.41) is 8.21. The van der Waals surface area contributed by atoms with Crippen LogP contribution in [-0.2, 0) is 12.2 Å². The fourth-order valence-corrected chi connectivity index (χ4v) is 2.89. The Morgan fingerprint density at radius 1 is 1.35 bits per heavy atom. The van der Waals surface area contributed by atoms with Crippen LogP contribution in [0.15, 0.2) is 29.1 Å². The van der Waals surface area contributed by atoms with Crippen LogP contribution in [0.1, 0.15) is 24.6 Å². The van der Waals surface area contributed by atoms with Crippen LogP contribution < -0.4 is 11.3 Å². The molecule has 0 amide bonds. The number of thioether (sulfide) groups is 1. The molecule has 3 N–H and O–H groups in total. The smallest absolute Gasteiger partial charge is 0.274 e. The van der Waals surface area contributed by atoms with Crippen LogP contribution in [0.4, 0.5) is 14.7 Å². The lowest BCUT2D eigenvalue weighted by molar-refractivity contribution is 0.507. The summed E-state index contributed by atoms with van der Waals surface area (Å²) >= 11 is 1.09. The van der Waals surface area contributed by atoms with Crippen molar-refractivity contribution in [3.8, 4) is 0 Å². The first-order valence-electron chi connectivity index (χ1n) is 6.96. The van der Waals surface area contributed by atoms with Gasteiger partial charge in [-0.25, -0.2) is 8.78 Å². The van der Waals surface area contributed by atoms with Gasteiger partial charge in [0.05, 0.1) is 0 Å². The molecule has 0 spiro atoms. The second kappa shape index (κ2) is 7.36. The lowest BCUT2D eigenvalue weighted by atomic mass is 10.2. The van der Waals surface area contributed by atoms with Crippen LogP contribution in [0.5, 0.6) is 0 Å². The molecule has 122 valence electrons. The third-order valence-electron chi connectivity index (χ3n) is 3.10. The molecule has 1 aromatic carbocycles. The van der Waals surface area contributed by atoms with Crippen LogP contribution in [0.3, 0.4) is 0 Å². The molecule has 0 fully saturated rings. The molecule has 0 atom stereocenters. The highest BCUT2D eigenvalue weighted by molar-refractivity contribution is 8.13. The molecule has 23 heavy (non-hydrogen) atoms. The molecule has 0 radical (unpaired) electrons. The molecule has 0 saturated carbocycles. The molecule has 2 aromatic rings. The second-order valence-corrected chi connectivity index (χ2v) is 5.84. The van der Waals surface area contributed by atoms with Crippen LogP contribution >= 0.6 is 11.8 Å². The van der Waals surface area contributed by atoms with Crippen molar-refractivity contribution in [2.45, 2.75) is 25.5 Å². The van der Waals surface area contributed by atoms with Gasteiger partial charge in [-0.3, -0.25) is 14.8 Å². The summed E-state index contributed by atoms with van der Waals surface area (Å²) in [5.41, 5.74) is 6.46. The van der Waals surface area contributed by atoms with Gasteiger partial charge >= 0.3 is 0 Å². The molecule has 0 aliphatic rings. The first-order chi connectivity index (χ1) is 10.9. The summed E-state index contributed by atoms with van der Waals surface area (Å²) in [6.45, 7) is 1.95. The van der Waals surface area contributed by atoms with E-state index in [1.54, 1.807) is 0 Å². The summed E-state index contributed by atoms with van der Waals surface area (Å²) in [6.07, 6.45) is 1.36. The molecule has 8 heteroatoms. The molecule has 2 rings (SSSR count). The van der Waals surface area contributed by atoms with E-state index in [2.05, 4.69) is 4.98 Å².